The number of ether oxygens (including phenoxy) is 2. The summed E-state index contributed by atoms with van der Waals surface area (Å²) in [6.45, 7) is 9.04. The molecule has 5 aliphatic rings. The van der Waals surface area contributed by atoms with Gasteiger partial charge in [0.1, 0.15) is 11.7 Å². The normalized spacial score (nSPS) is 60.2. The highest BCUT2D eigenvalue weighted by molar-refractivity contribution is 5.69. The molecule has 0 radical (unpaired) electrons. The summed E-state index contributed by atoms with van der Waals surface area (Å²) in [5.74, 6) is -1.57. The minimum absolute atomic E-state index is 0.179. The van der Waals surface area contributed by atoms with Crippen LogP contribution in [-0.4, -0.2) is 67.6 Å². The molecule has 4 saturated carbocycles. The molecule has 2 bridgehead atoms. The second-order valence-electron chi connectivity index (χ2n) is 11.8. The molecule has 0 amide bonds. The second kappa shape index (κ2) is 5.79. The summed E-state index contributed by atoms with van der Waals surface area (Å²) in [7, 11) is 0. The monoisotopic (exact) mass is 424 g/mol. The maximum atomic E-state index is 12.3. The quantitative estimate of drug-likeness (QED) is 0.388. The second-order valence-corrected chi connectivity index (χ2v) is 11.8. The van der Waals surface area contributed by atoms with E-state index in [1.54, 1.807) is 20.8 Å². The molecule has 170 valence electrons. The molecule has 1 saturated heterocycles. The Labute approximate surface area is 177 Å². The Morgan fingerprint density at radius 1 is 1.13 bits per heavy atom. The summed E-state index contributed by atoms with van der Waals surface area (Å²) in [5, 5.41) is 46.8. The number of epoxide rings is 1. The third kappa shape index (κ3) is 2.21. The summed E-state index contributed by atoms with van der Waals surface area (Å²) in [4.78, 5) is 12.3. The molecule has 30 heavy (non-hydrogen) atoms. The first-order chi connectivity index (χ1) is 13.7. The SMILES string of the molecule is CCC(=O)OC1C2CCC3C(C)(O)C4C5OC5C(C)(C)C4(O)C(O)CC13CC2(C)O. The van der Waals surface area contributed by atoms with Gasteiger partial charge in [0.2, 0.25) is 0 Å². The highest BCUT2D eigenvalue weighted by Crippen LogP contribution is 2.73. The Bertz CT molecular complexity index is 776. The van der Waals surface area contributed by atoms with Gasteiger partial charge >= 0.3 is 5.97 Å². The maximum Gasteiger partial charge on any atom is 0.305 e. The van der Waals surface area contributed by atoms with E-state index in [4.69, 9.17) is 9.47 Å². The summed E-state index contributed by atoms with van der Waals surface area (Å²) < 4.78 is 11.8. The van der Waals surface area contributed by atoms with E-state index in [-0.39, 0.29) is 42.9 Å². The average molecular weight is 425 g/mol. The molecule has 1 aliphatic heterocycles. The Kier molecular flexibility index (Phi) is 4.08. The summed E-state index contributed by atoms with van der Waals surface area (Å²) in [5.41, 5.74) is -5.48. The molecule has 0 aromatic rings. The molecule has 0 aromatic heterocycles. The molecule has 4 aliphatic carbocycles. The van der Waals surface area contributed by atoms with Crippen molar-refractivity contribution < 1.29 is 34.7 Å². The lowest BCUT2D eigenvalue weighted by Gasteiger charge is -2.52. The van der Waals surface area contributed by atoms with Crippen LogP contribution >= 0.6 is 0 Å². The van der Waals surface area contributed by atoms with E-state index in [0.29, 0.717) is 19.3 Å². The molecule has 7 heteroatoms. The van der Waals surface area contributed by atoms with Crippen molar-refractivity contribution in [3.05, 3.63) is 0 Å². The van der Waals surface area contributed by atoms with Crippen LogP contribution in [0.1, 0.15) is 66.7 Å². The molecule has 11 atom stereocenters. The number of rotatable bonds is 2. The van der Waals surface area contributed by atoms with Crippen molar-refractivity contribution in [2.75, 3.05) is 0 Å². The predicted molar refractivity (Wildman–Crippen MR) is 106 cm³/mol. The Hall–Kier alpha value is -0.730. The highest BCUT2D eigenvalue weighted by atomic mass is 16.6. The molecule has 1 heterocycles. The smallest absolute Gasteiger partial charge is 0.305 e. The zero-order chi connectivity index (χ0) is 22.1. The van der Waals surface area contributed by atoms with E-state index in [1.807, 2.05) is 13.8 Å². The number of esters is 1. The van der Waals surface area contributed by atoms with Crippen LogP contribution in [0.3, 0.4) is 0 Å². The number of aliphatic hydroxyl groups excluding tert-OH is 1. The number of aliphatic hydroxyl groups is 4. The van der Waals surface area contributed by atoms with Crippen LogP contribution in [0.5, 0.6) is 0 Å². The van der Waals surface area contributed by atoms with E-state index >= 15 is 0 Å². The van der Waals surface area contributed by atoms with Gasteiger partial charge < -0.3 is 29.9 Å². The zero-order valence-electron chi connectivity index (χ0n) is 18.6. The Balaban J connectivity index is 1.67. The summed E-state index contributed by atoms with van der Waals surface area (Å²) >= 11 is 0. The third-order valence-electron chi connectivity index (χ3n) is 9.91. The summed E-state index contributed by atoms with van der Waals surface area (Å²) in [6.07, 6.45) is -0.229. The van der Waals surface area contributed by atoms with Crippen molar-refractivity contribution >= 4 is 5.97 Å². The minimum Gasteiger partial charge on any atom is -0.461 e. The molecule has 0 aromatic carbocycles. The molecule has 1 spiro atoms. The van der Waals surface area contributed by atoms with Gasteiger partial charge in [-0.25, -0.2) is 0 Å². The Morgan fingerprint density at radius 2 is 1.80 bits per heavy atom. The van der Waals surface area contributed by atoms with Crippen LogP contribution in [0.15, 0.2) is 0 Å². The Morgan fingerprint density at radius 3 is 2.43 bits per heavy atom. The fourth-order valence-electron chi connectivity index (χ4n) is 8.66. The minimum atomic E-state index is -1.53. The van der Waals surface area contributed by atoms with Crippen molar-refractivity contribution in [3.8, 4) is 0 Å². The van der Waals surface area contributed by atoms with Crippen molar-refractivity contribution in [1.82, 2.24) is 0 Å². The van der Waals surface area contributed by atoms with Gasteiger partial charge in [0, 0.05) is 29.1 Å². The first-order valence-electron chi connectivity index (χ1n) is 11.4. The molecule has 5 rings (SSSR count). The molecule has 11 unspecified atom stereocenters. The van der Waals surface area contributed by atoms with Gasteiger partial charge in [-0.1, -0.05) is 20.8 Å². The fourth-order valence-corrected chi connectivity index (χ4v) is 8.66. The van der Waals surface area contributed by atoms with E-state index in [1.165, 1.54) is 0 Å². The average Bonchev–Trinajstić information content (AvgIpc) is 3.36. The van der Waals surface area contributed by atoms with Crippen molar-refractivity contribution in [2.24, 2.45) is 28.6 Å². The van der Waals surface area contributed by atoms with Crippen molar-refractivity contribution in [2.45, 2.75) is 108 Å². The lowest BCUT2D eigenvalue weighted by Crippen LogP contribution is -2.63. The van der Waals surface area contributed by atoms with Crippen LogP contribution in [0.4, 0.5) is 0 Å². The molecular formula is C23H36O7. The van der Waals surface area contributed by atoms with Crippen molar-refractivity contribution in [1.29, 1.82) is 0 Å². The highest BCUT2D eigenvalue weighted by Gasteiger charge is 2.83. The van der Waals surface area contributed by atoms with E-state index in [2.05, 4.69) is 0 Å². The first-order valence-corrected chi connectivity index (χ1v) is 11.4. The summed E-state index contributed by atoms with van der Waals surface area (Å²) in [6, 6.07) is 0. The molecule has 7 nitrogen and oxygen atoms in total. The van der Waals surface area contributed by atoms with Crippen LogP contribution < -0.4 is 0 Å². The van der Waals surface area contributed by atoms with Gasteiger partial charge in [-0.15, -0.1) is 0 Å². The van der Waals surface area contributed by atoms with Gasteiger partial charge in [-0.3, -0.25) is 4.79 Å². The fraction of sp³-hybridized carbons (Fsp3) is 0.957. The standard InChI is InChI=1S/C23H36O7/c1-6-14(25)29-17-11-7-8-12-21(5,27)16-15-18(30-15)19(2,3)23(16,28)13(24)9-22(12,17)10-20(11,4)26/h11-13,15-18,24,26-28H,6-10H2,1-5H3. The molecule has 5 fully saturated rings. The number of hydrogen-bond donors (Lipinski definition) is 4. The maximum absolute atomic E-state index is 12.3. The predicted octanol–water partition coefficient (Wildman–Crippen LogP) is 1.15. The van der Waals surface area contributed by atoms with Crippen LogP contribution in [-0.2, 0) is 14.3 Å². The lowest BCUT2D eigenvalue weighted by molar-refractivity contribution is -0.223. The topological polar surface area (TPSA) is 120 Å². The van der Waals surface area contributed by atoms with E-state index in [9.17, 15) is 25.2 Å². The van der Waals surface area contributed by atoms with Crippen LogP contribution in [0.2, 0.25) is 0 Å². The van der Waals surface area contributed by atoms with Gasteiger partial charge in [-0.05, 0) is 45.4 Å². The van der Waals surface area contributed by atoms with E-state index in [0.717, 1.165) is 0 Å². The number of fused-ring (bicyclic) bond motifs is 4. The largest absolute Gasteiger partial charge is 0.461 e. The number of carbonyl (C=O) groups excluding carboxylic acids is 1. The van der Waals surface area contributed by atoms with E-state index < -0.39 is 45.8 Å². The van der Waals surface area contributed by atoms with Crippen molar-refractivity contribution in [3.63, 3.8) is 0 Å². The molecular weight excluding hydrogens is 388 g/mol. The third-order valence-corrected chi connectivity index (χ3v) is 9.91. The van der Waals surface area contributed by atoms with Gasteiger partial charge in [0.15, 0.2) is 0 Å². The molecule has 4 N–H and O–H groups in total. The van der Waals surface area contributed by atoms with Gasteiger partial charge in [0.05, 0.1) is 29.5 Å². The number of hydrogen-bond acceptors (Lipinski definition) is 7. The lowest BCUT2D eigenvalue weighted by atomic mass is 9.57. The number of carbonyl (C=O) groups is 1. The van der Waals surface area contributed by atoms with Gasteiger partial charge in [0.25, 0.3) is 0 Å². The van der Waals surface area contributed by atoms with Gasteiger partial charge in [-0.2, -0.15) is 0 Å². The van der Waals surface area contributed by atoms with Crippen LogP contribution in [0, 0.1) is 28.6 Å². The zero-order valence-corrected chi connectivity index (χ0v) is 18.6. The van der Waals surface area contributed by atoms with Crippen LogP contribution in [0.25, 0.3) is 0 Å². The first kappa shape index (κ1) is 21.1.